The van der Waals surface area contributed by atoms with Crippen molar-refractivity contribution in [1.29, 1.82) is 0 Å². The zero-order valence-corrected chi connectivity index (χ0v) is 12.9. The minimum atomic E-state index is 0.500. The van der Waals surface area contributed by atoms with Crippen LogP contribution in [0.5, 0.6) is 0 Å². The summed E-state index contributed by atoms with van der Waals surface area (Å²) in [4.78, 5) is 2.66. The van der Waals surface area contributed by atoms with Crippen LogP contribution in [0.3, 0.4) is 0 Å². The minimum absolute atomic E-state index is 0.500. The number of aromatic nitrogens is 2. The first-order valence-corrected chi connectivity index (χ1v) is 8.27. The highest BCUT2D eigenvalue weighted by molar-refractivity contribution is 5.10. The van der Waals surface area contributed by atoms with Gasteiger partial charge in [-0.05, 0) is 58.5 Å². The molecule has 4 heteroatoms. The van der Waals surface area contributed by atoms with Crippen molar-refractivity contribution in [2.45, 2.75) is 58.2 Å². The number of nitrogens with zero attached hydrogens (tertiary/aromatic N) is 3. The quantitative estimate of drug-likeness (QED) is 0.917. The standard InChI is InChI=1S/C16H28N4/c1-3-20-12-15(10-18-20)13(2)19-9-5-6-14(11-19)16-7-4-8-17-16/h10,12-14,16-17H,3-9,11H2,1-2H3. The smallest absolute Gasteiger partial charge is 0.0537 e. The van der Waals surface area contributed by atoms with E-state index in [1.165, 1.54) is 50.9 Å². The SMILES string of the molecule is CCn1cc(C(C)N2CCCC(C3CCCN3)C2)cn1. The molecule has 2 saturated heterocycles. The van der Waals surface area contributed by atoms with Crippen molar-refractivity contribution in [3.05, 3.63) is 18.0 Å². The normalized spacial score (nSPS) is 29.7. The molecule has 2 aliphatic heterocycles. The zero-order chi connectivity index (χ0) is 13.9. The lowest BCUT2D eigenvalue weighted by Crippen LogP contribution is -2.44. The van der Waals surface area contributed by atoms with E-state index in [0.29, 0.717) is 6.04 Å². The van der Waals surface area contributed by atoms with Crippen LogP contribution in [0.1, 0.15) is 51.1 Å². The first-order chi connectivity index (χ1) is 9.78. The molecular weight excluding hydrogens is 248 g/mol. The molecular formula is C16H28N4. The van der Waals surface area contributed by atoms with Crippen LogP contribution in [0, 0.1) is 5.92 Å². The molecule has 3 atom stereocenters. The first kappa shape index (κ1) is 14.1. The van der Waals surface area contributed by atoms with Gasteiger partial charge in [0.1, 0.15) is 0 Å². The van der Waals surface area contributed by atoms with Crippen molar-refractivity contribution in [3.63, 3.8) is 0 Å². The number of nitrogens with one attached hydrogen (secondary N) is 1. The Hall–Kier alpha value is -0.870. The molecule has 0 spiro atoms. The molecule has 0 bridgehead atoms. The van der Waals surface area contributed by atoms with E-state index in [2.05, 4.69) is 35.4 Å². The van der Waals surface area contributed by atoms with Crippen LogP contribution in [0.25, 0.3) is 0 Å². The predicted octanol–water partition coefficient (Wildman–Crippen LogP) is 2.43. The average molecular weight is 276 g/mol. The third kappa shape index (κ3) is 2.91. The number of piperidine rings is 1. The van der Waals surface area contributed by atoms with Crippen LogP contribution in [0.4, 0.5) is 0 Å². The van der Waals surface area contributed by atoms with Gasteiger partial charge in [0.15, 0.2) is 0 Å². The Kier molecular flexibility index (Phi) is 4.41. The second-order valence-electron chi connectivity index (χ2n) is 6.41. The van der Waals surface area contributed by atoms with Crippen molar-refractivity contribution >= 4 is 0 Å². The summed E-state index contributed by atoms with van der Waals surface area (Å²) in [5.41, 5.74) is 1.37. The molecule has 0 amide bonds. The van der Waals surface area contributed by atoms with Gasteiger partial charge in [-0.3, -0.25) is 9.58 Å². The van der Waals surface area contributed by atoms with Crippen molar-refractivity contribution < 1.29 is 0 Å². The molecule has 3 heterocycles. The lowest BCUT2D eigenvalue weighted by molar-refractivity contribution is 0.114. The fourth-order valence-electron chi connectivity index (χ4n) is 3.81. The highest BCUT2D eigenvalue weighted by Gasteiger charge is 2.31. The van der Waals surface area contributed by atoms with Gasteiger partial charge in [0, 0.05) is 36.9 Å². The molecule has 3 rings (SSSR count). The highest BCUT2D eigenvalue weighted by atomic mass is 15.3. The Labute approximate surface area is 122 Å². The predicted molar refractivity (Wildman–Crippen MR) is 81.6 cm³/mol. The number of likely N-dealkylation sites (tertiary alicyclic amines) is 1. The van der Waals surface area contributed by atoms with E-state index < -0.39 is 0 Å². The fourth-order valence-corrected chi connectivity index (χ4v) is 3.81. The summed E-state index contributed by atoms with van der Waals surface area (Å²) >= 11 is 0. The molecule has 0 aliphatic carbocycles. The van der Waals surface area contributed by atoms with E-state index in [4.69, 9.17) is 0 Å². The molecule has 0 aromatic carbocycles. The topological polar surface area (TPSA) is 33.1 Å². The molecule has 2 fully saturated rings. The Morgan fingerprint density at radius 1 is 1.40 bits per heavy atom. The van der Waals surface area contributed by atoms with Crippen molar-refractivity contribution in [2.24, 2.45) is 5.92 Å². The van der Waals surface area contributed by atoms with Crippen LogP contribution >= 0.6 is 0 Å². The summed E-state index contributed by atoms with van der Waals surface area (Å²) in [5, 5.41) is 8.12. The maximum absolute atomic E-state index is 4.42. The Balaban J connectivity index is 1.63. The van der Waals surface area contributed by atoms with E-state index in [1.807, 2.05) is 10.9 Å². The monoisotopic (exact) mass is 276 g/mol. The molecule has 3 unspecified atom stereocenters. The van der Waals surface area contributed by atoms with Gasteiger partial charge in [0.2, 0.25) is 0 Å². The van der Waals surface area contributed by atoms with Gasteiger partial charge in [0.25, 0.3) is 0 Å². The second-order valence-corrected chi connectivity index (χ2v) is 6.41. The minimum Gasteiger partial charge on any atom is -0.314 e. The molecule has 1 aromatic heterocycles. The third-order valence-corrected chi connectivity index (χ3v) is 5.16. The molecule has 1 aromatic rings. The van der Waals surface area contributed by atoms with Gasteiger partial charge in [-0.2, -0.15) is 5.10 Å². The second kappa shape index (κ2) is 6.27. The molecule has 112 valence electrons. The summed E-state index contributed by atoms with van der Waals surface area (Å²) in [7, 11) is 0. The molecule has 2 aliphatic rings. The van der Waals surface area contributed by atoms with Crippen LogP contribution < -0.4 is 5.32 Å². The average Bonchev–Trinajstić information content (AvgIpc) is 3.17. The summed E-state index contributed by atoms with van der Waals surface area (Å²) < 4.78 is 2.03. The van der Waals surface area contributed by atoms with Crippen molar-refractivity contribution in [3.8, 4) is 0 Å². The molecule has 20 heavy (non-hydrogen) atoms. The van der Waals surface area contributed by atoms with Gasteiger partial charge in [0.05, 0.1) is 6.20 Å². The summed E-state index contributed by atoms with van der Waals surface area (Å²) in [6, 6.07) is 1.27. The number of hydrogen-bond acceptors (Lipinski definition) is 3. The van der Waals surface area contributed by atoms with Crippen LogP contribution in [-0.2, 0) is 6.54 Å². The number of rotatable bonds is 4. The van der Waals surface area contributed by atoms with E-state index in [1.54, 1.807) is 0 Å². The maximum atomic E-state index is 4.42. The van der Waals surface area contributed by atoms with Gasteiger partial charge in [-0.25, -0.2) is 0 Å². The summed E-state index contributed by atoms with van der Waals surface area (Å²) in [6.45, 7) is 9.14. The molecule has 0 saturated carbocycles. The van der Waals surface area contributed by atoms with Crippen LogP contribution in [-0.4, -0.2) is 40.4 Å². The van der Waals surface area contributed by atoms with Crippen LogP contribution in [0.2, 0.25) is 0 Å². The van der Waals surface area contributed by atoms with E-state index >= 15 is 0 Å². The van der Waals surface area contributed by atoms with E-state index in [9.17, 15) is 0 Å². The van der Waals surface area contributed by atoms with Gasteiger partial charge >= 0.3 is 0 Å². The maximum Gasteiger partial charge on any atom is 0.0537 e. The molecule has 4 nitrogen and oxygen atoms in total. The molecule has 0 radical (unpaired) electrons. The third-order valence-electron chi connectivity index (χ3n) is 5.16. The Bertz CT molecular complexity index is 422. The molecule has 1 N–H and O–H groups in total. The van der Waals surface area contributed by atoms with Crippen molar-refractivity contribution in [1.82, 2.24) is 20.0 Å². The van der Waals surface area contributed by atoms with E-state index in [-0.39, 0.29) is 0 Å². The lowest BCUT2D eigenvalue weighted by Gasteiger charge is -2.39. The van der Waals surface area contributed by atoms with E-state index in [0.717, 1.165) is 18.5 Å². The number of aryl methyl sites for hydroxylation is 1. The van der Waals surface area contributed by atoms with Gasteiger partial charge in [-0.1, -0.05) is 0 Å². The van der Waals surface area contributed by atoms with Crippen molar-refractivity contribution in [2.75, 3.05) is 19.6 Å². The fraction of sp³-hybridized carbons (Fsp3) is 0.812. The first-order valence-electron chi connectivity index (χ1n) is 8.27. The summed E-state index contributed by atoms with van der Waals surface area (Å²) in [6.07, 6.45) is 9.73. The largest absolute Gasteiger partial charge is 0.314 e. The van der Waals surface area contributed by atoms with Gasteiger partial charge in [-0.15, -0.1) is 0 Å². The summed E-state index contributed by atoms with van der Waals surface area (Å²) in [5.74, 6) is 0.843. The van der Waals surface area contributed by atoms with Gasteiger partial charge < -0.3 is 5.32 Å². The lowest BCUT2D eigenvalue weighted by atomic mass is 9.89. The number of hydrogen-bond donors (Lipinski definition) is 1. The van der Waals surface area contributed by atoms with Crippen LogP contribution in [0.15, 0.2) is 12.4 Å². The Morgan fingerprint density at radius 3 is 3.00 bits per heavy atom. The highest BCUT2D eigenvalue weighted by Crippen LogP contribution is 2.30. The Morgan fingerprint density at radius 2 is 2.30 bits per heavy atom. The zero-order valence-electron chi connectivity index (χ0n) is 12.9.